The van der Waals surface area contributed by atoms with Gasteiger partial charge in [0.05, 0.1) is 36.1 Å². The molecule has 2 heterocycles. The number of fused-ring (bicyclic) bond motifs is 3. The number of carboxylic acids is 1. The van der Waals surface area contributed by atoms with Crippen molar-refractivity contribution < 1.29 is 14.6 Å². The first kappa shape index (κ1) is 13.7. The molecular weight excluding hydrogens is 292 g/mol. The Morgan fingerprint density at radius 2 is 1.96 bits per heavy atom. The number of aromatic carboxylic acids is 1. The first-order chi connectivity index (χ1) is 11.2. The van der Waals surface area contributed by atoms with Crippen molar-refractivity contribution in [3.63, 3.8) is 0 Å². The lowest BCUT2D eigenvalue weighted by Gasteiger charge is -2.13. The molecule has 2 aromatic carbocycles. The summed E-state index contributed by atoms with van der Waals surface area (Å²) in [6.45, 7) is 0.407. The highest BCUT2D eigenvalue weighted by molar-refractivity contribution is 5.87. The normalized spacial score (nSPS) is 15.2. The van der Waals surface area contributed by atoms with Crippen molar-refractivity contribution in [2.75, 3.05) is 0 Å². The molecule has 0 bridgehead atoms. The Labute approximate surface area is 132 Å². The third-order valence-corrected chi connectivity index (χ3v) is 4.03. The molecule has 0 radical (unpaired) electrons. The summed E-state index contributed by atoms with van der Waals surface area (Å²) in [6.07, 6.45) is 3.45. The van der Waals surface area contributed by atoms with Crippen LogP contribution >= 0.6 is 0 Å². The zero-order valence-electron chi connectivity index (χ0n) is 12.2. The molecule has 114 valence electrons. The zero-order valence-corrected chi connectivity index (χ0v) is 12.2. The maximum atomic E-state index is 10.9. The Kier molecular flexibility index (Phi) is 3.20. The van der Waals surface area contributed by atoms with Crippen LogP contribution in [0.2, 0.25) is 0 Å². The summed E-state index contributed by atoms with van der Waals surface area (Å²) in [5.41, 5.74) is 4.43. The van der Waals surface area contributed by atoms with Crippen molar-refractivity contribution >= 4 is 5.97 Å². The Morgan fingerprint density at radius 3 is 2.74 bits per heavy atom. The lowest BCUT2D eigenvalue weighted by Crippen LogP contribution is -2.04. The van der Waals surface area contributed by atoms with E-state index < -0.39 is 5.97 Å². The van der Waals surface area contributed by atoms with Crippen molar-refractivity contribution in [1.29, 1.82) is 0 Å². The molecule has 1 aliphatic heterocycles. The van der Waals surface area contributed by atoms with Gasteiger partial charge in [-0.1, -0.05) is 30.3 Å². The molecule has 1 atom stereocenters. The van der Waals surface area contributed by atoms with Gasteiger partial charge in [0.2, 0.25) is 0 Å². The van der Waals surface area contributed by atoms with Gasteiger partial charge in [-0.2, -0.15) is 0 Å². The third kappa shape index (κ3) is 2.31. The molecule has 0 amide bonds. The van der Waals surface area contributed by atoms with E-state index in [1.54, 1.807) is 30.6 Å². The monoisotopic (exact) mass is 306 g/mol. The Morgan fingerprint density at radius 1 is 1.17 bits per heavy atom. The van der Waals surface area contributed by atoms with Crippen molar-refractivity contribution in [2.24, 2.45) is 0 Å². The Hall–Kier alpha value is -2.92. The molecule has 23 heavy (non-hydrogen) atoms. The van der Waals surface area contributed by atoms with E-state index in [-0.39, 0.29) is 11.7 Å². The van der Waals surface area contributed by atoms with Gasteiger partial charge in [-0.05, 0) is 23.8 Å². The van der Waals surface area contributed by atoms with E-state index in [9.17, 15) is 4.79 Å². The van der Waals surface area contributed by atoms with Gasteiger partial charge in [0.15, 0.2) is 0 Å². The van der Waals surface area contributed by atoms with Crippen LogP contribution in [-0.4, -0.2) is 20.6 Å². The van der Waals surface area contributed by atoms with Crippen LogP contribution in [0, 0.1) is 0 Å². The van der Waals surface area contributed by atoms with E-state index in [0.717, 1.165) is 22.5 Å². The van der Waals surface area contributed by atoms with E-state index in [1.165, 1.54) is 0 Å². The van der Waals surface area contributed by atoms with Gasteiger partial charge in [0, 0.05) is 5.56 Å². The highest BCUT2D eigenvalue weighted by Gasteiger charge is 2.29. The van der Waals surface area contributed by atoms with Crippen LogP contribution < -0.4 is 0 Å². The second-order valence-corrected chi connectivity index (χ2v) is 5.44. The summed E-state index contributed by atoms with van der Waals surface area (Å²) in [6, 6.07) is 14.8. The molecule has 5 nitrogen and oxygen atoms in total. The standard InChI is InChI=1S/C18H14N2O3/c21-18(22)13-7-5-12(6-8-13)10-23-17-14-3-1-2-4-15(14)20-11-19-9-16(17)20/h1-9,11,17H,10H2,(H,21,22). The minimum Gasteiger partial charge on any atom is -0.478 e. The van der Waals surface area contributed by atoms with Gasteiger partial charge >= 0.3 is 5.97 Å². The number of para-hydroxylation sites is 1. The molecule has 1 unspecified atom stereocenters. The van der Waals surface area contributed by atoms with E-state index in [1.807, 2.05) is 29.0 Å². The largest absolute Gasteiger partial charge is 0.478 e. The van der Waals surface area contributed by atoms with Gasteiger partial charge in [0.25, 0.3) is 0 Å². The van der Waals surface area contributed by atoms with E-state index in [0.29, 0.717) is 6.61 Å². The molecule has 3 aromatic rings. The predicted molar refractivity (Wildman–Crippen MR) is 83.6 cm³/mol. The quantitative estimate of drug-likeness (QED) is 0.804. The maximum absolute atomic E-state index is 10.9. The summed E-state index contributed by atoms with van der Waals surface area (Å²) in [7, 11) is 0. The lowest BCUT2D eigenvalue weighted by atomic mass is 10.1. The van der Waals surface area contributed by atoms with E-state index in [2.05, 4.69) is 11.1 Å². The lowest BCUT2D eigenvalue weighted by molar-refractivity contribution is 0.0671. The number of hydrogen-bond donors (Lipinski definition) is 1. The number of rotatable bonds is 4. The Bertz CT molecular complexity index is 868. The number of benzene rings is 2. The van der Waals surface area contributed by atoms with Crippen LogP contribution in [0.5, 0.6) is 0 Å². The summed E-state index contributed by atoms with van der Waals surface area (Å²) < 4.78 is 8.13. The number of carboxylic acid groups (broad SMARTS) is 1. The smallest absolute Gasteiger partial charge is 0.335 e. The molecule has 0 aliphatic carbocycles. The van der Waals surface area contributed by atoms with E-state index >= 15 is 0 Å². The first-order valence-corrected chi connectivity index (χ1v) is 7.29. The molecule has 1 aliphatic rings. The van der Waals surface area contributed by atoms with E-state index in [4.69, 9.17) is 9.84 Å². The molecule has 5 heteroatoms. The molecule has 0 saturated heterocycles. The molecule has 1 N–H and O–H groups in total. The number of hydrogen-bond acceptors (Lipinski definition) is 3. The first-order valence-electron chi connectivity index (χ1n) is 7.29. The molecule has 0 fully saturated rings. The molecule has 0 saturated carbocycles. The predicted octanol–water partition coefficient (Wildman–Crippen LogP) is 3.19. The van der Waals surface area contributed by atoms with Crippen LogP contribution in [0.15, 0.2) is 61.1 Å². The highest BCUT2D eigenvalue weighted by Crippen LogP contribution is 2.38. The summed E-state index contributed by atoms with van der Waals surface area (Å²) >= 11 is 0. The fourth-order valence-electron chi connectivity index (χ4n) is 2.89. The minimum absolute atomic E-state index is 0.159. The average molecular weight is 306 g/mol. The summed E-state index contributed by atoms with van der Waals surface area (Å²) in [4.78, 5) is 15.1. The molecule has 0 spiro atoms. The molecule has 1 aromatic heterocycles. The van der Waals surface area contributed by atoms with Crippen LogP contribution in [0.4, 0.5) is 0 Å². The van der Waals surface area contributed by atoms with Gasteiger partial charge < -0.3 is 9.84 Å². The summed E-state index contributed by atoms with van der Waals surface area (Å²) in [5, 5.41) is 8.93. The fourth-order valence-corrected chi connectivity index (χ4v) is 2.89. The summed E-state index contributed by atoms with van der Waals surface area (Å²) in [5.74, 6) is -0.925. The van der Waals surface area contributed by atoms with Crippen LogP contribution in [0.3, 0.4) is 0 Å². The van der Waals surface area contributed by atoms with Crippen LogP contribution in [-0.2, 0) is 11.3 Å². The average Bonchev–Trinajstić information content (AvgIpc) is 3.15. The van der Waals surface area contributed by atoms with Gasteiger partial charge in [-0.15, -0.1) is 0 Å². The number of carbonyl (C=O) groups is 1. The highest BCUT2D eigenvalue weighted by atomic mass is 16.5. The Balaban J connectivity index is 1.57. The molecule has 4 rings (SSSR count). The maximum Gasteiger partial charge on any atom is 0.335 e. The number of nitrogens with zero attached hydrogens (tertiary/aromatic N) is 2. The minimum atomic E-state index is -0.925. The number of aromatic nitrogens is 2. The van der Waals surface area contributed by atoms with Crippen molar-refractivity contribution in [3.05, 3.63) is 83.4 Å². The second-order valence-electron chi connectivity index (χ2n) is 5.44. The SMILES string of the molecule is O=C(O)c1ccc(COC2c3ccccc3-n3cncc32)cc1. The van der Waals surface area contributed by atoms with Gasteiger partial charge in [0.1, 0.15) is 6.10 Å². The molecular formula is C18H14N2O3. The number of ether oxygens (including phenoxy) is 1. The van der Waals surface area contributed by atoms with Crippen LogP contribution in [0.1, 0.15) is 33.3 Å². The van der Waals surface area contributed by atoms with Crippen molar-refractivity contribution in [1.82, 2.24) is 9.55 Å². The van der Waals surface area contributed by atoms with Crippen molar-refractivity contribution in [2.45, 2.75) is 12.7 Å². The second kappa shape index (κ2) is 5.37. The van der Waals surface area contributed by atoms with Crippen molar-refractivity contribution in [3.8, 4) is 5.69 Å². The van der Waals surface area contributed by atoms with Crippen LogP contribution in [0.25, 0.3) is 5.69 Å². The third-order valence-electron chi connectivity index (χ3n) is 4.03. The fraction of sp³-hybridized carbons (Fsp3) is 0.111. The topological polar surface area (TPSA) is 64.3 Å². The zero-order chi connectivity index (χ0) is 15.8. The van der Waals surface area contributed by atoms with Gasteiger partial charge in [-0.25, -0.2) is 9.78 Å². The number of imidazole rings is 1. The van der Waals surface area contributed by atoms with Gasteiger partial charge in [-0.3, -0.25) is 4.57 Å².